The number of benzene rings is 2. The molecular weight excluding hydrogens is 484 g/mol. The van der Waals surface area contributed by atoms with Crippen molar-refractivity contribution in [1.82, 2.24) is 0 Å². The fourth-order valence-electron chi connectivity index (χ4n) is 6.40. The van der Waals surface area contributed by atoms with Crippen molar-refractivity contribution >= 4 is 29.5 Å². The van der Waals surface area contributed by atoms with Gasteiger partial charge < -0.3 is 20.4 Å². The predicted molar refractivity (Wildman–Crippen MR) is 142 cm³/mol. The molecule has 0 aliphatic heterocycles. The van der Waals surface area contributed by atoms with Crippen molar-refractivity contribution in [2.75, 3.05) is 0 Å². The number of fused-ring (bicyclic) bond motifs is 3. The first-order chi connectivity index (χ1) is 17.9. The van der Waals surface area contributed by atoms with Gasteiger partial charge in [0.05, 0.1) is 17.2 Å². The average Bonchev–Trinajstić information content (AvgIpc) is 2.86. The third kappa shape index (κ3) is 3.53. The van der Waals surface area contributed by atoms with Crippen molar-refractivity contribution < 1.29 is 34.8 Å². The number of hydrogen-bond acceptors (Lipinski definition) is 7. The van der Waals surface area contributed by atoms with Gasteiger partial charge in [0.1, 0.15) is 11.5 Å². The van der Waals surface area contributed by atoms with Gasteiger partial charge in [-0.15, -0.1) is 0 Å². The summed E-state index contributed by atoms with van der Waals surface area (Å²) in [4.78, 5) is 39.4. The van der Waals surface area contributed by atoms with Gasteiger partial charge in [0.2, 0.25) is 5.78 Å². The van der Waals surface area contributed by atoms with Crippen LogP contribution in [0.1, 0.15) is 65.7 Å². The van der Waals surface area contributed by atoms with Gasteiger partial charge in [0.15, 0.2) is 17.2 Å². The van der Waals surface area contributed by atoms with E-state index >= 15 is 0 Å². The maximum atomic E-state index is 13.8. The van der Waals surface area contributed by atoms with Gasteiger partial charge in [0.25, 0.3) is 0 Å². The van der Waals surface area contributed by atoms with E-state index in [1.165, 1.54) is 6.92 Å². The first-order valence-electron chi connectivity index (χ1n) is 12.6. The molecule has 0 amide bonds. The number of phenols is 1. The van der Waals surface area contributed by atoms with E-state index in [2.05, 4.69) is 0 Å². The molecule has 5 unspecified atom stereocenters. The number of carbonyl (C=O) groups is 3. The molecule has 5 atom stereocenters. The van der Waals surface area contributed by atoms with Crippen molar-refractivity contribution in [2.24, 2.45) is 11.8 Å². The average molecular weight is 515 g/mol. The third-order valence-electron chi connectivity index (χ3n) is 8.42. The van der Waals surface area contributed by atoms with Gasteiger partial charge in [-0.1, -0.05) is 66.6 Å². The topological polar surface area (TPSA) is 132 Å². The van der Waals surface area contributed by atoms with Crippen LogP contribution in [0.4, 0.5) is 0 Å². The Bertz CT molecular complexity index is 1490. The SMILES string of the molecule is CC(=O)C1=C(C)CC2C(O)C3C(=C(O)C2(O)C1=O)C(=O)c1c(ccc(/C=C/c2ccc(C)cc2)c1O)C3C. The number of aryl methyl sites for hydroxylation is 1. The van der Waals surface area contributed by atoms with Crippen LogP contribution in [0.25, 0.3) is 12.2 Å². The highest BCUT2D eigenvalue weighted by atomic mass is 16.4. The van der Waals surface area contributed by atoms with Gasteiger partial charge in [-0.3, -0.25) is 14.4 Å². The Hall–Kier alpha value is -3.81. The molecule has 0 aromatic heterocycles. The number of ketones is 3. The van der Waals surface area contributed by atoms with Crippen LogP contribution < -0.4 is 0 Å². The summed E-state index contributed by atoms with van der Waals surface area (Å²) in [6.07, 6.45) is 2.13. The molecule has 0 saturated heterocycles. The Balaban J connectivity index is 1.64. The molecule has 7 nitrogen and oxygen atoms in total. The van der Waals surface area contributed by atoms with E-state index in [0.29, 0.717) is 16.7 Å². The van der Waals surface area contributed by atoms with E-state index < -0.39 is 52.6 Å². The van der Waals surface area contributed by atoms with E-state index in [-0.39, 0.29) is 28.9 Å². The van der Waals surface area contributed by atoms with Crippen LogP contribution >= 0.6 is 0 Å². The number of hydrogen-bond donors (Lipinski definition) is 4. The summed E-state index contributed by atoms with van der Waals surface area (Å²) in [5.74, 6) is -6.05. The highest BCUT2D eigenvalue weighted by Crippen LogP contribution is 2.55. The van der Waals surface area contributed by atoms with Crippen molar-refractivity contribution in [2.45, 2.75) is 51.7 Å². The van der Waals surface area contributed by atoms with Crippen LogP contribution in [-0.2, 0) is 9.59 Å². The number of aromatic hydroxyl groups is 1. The molecule has 7 heteroatoms. The molecule has 0 heterocycles. The summed E-state index contributed by atoms with van der Waals surface area (Å²) < 4.78 is 0. The van der Waals surface area contributed by atoms with Crippen LogP contribution in [0, 0.1) is 18.8 Å². The molecule has 38 heavy (non-hydrogen) atoms. The third-order valence-corrected chi connectivity index (χ3v) is 8.42. The fraction of sp³-hybridized carbons (Fsp3) is 0.323. The quantitative estimate of drug-likeness (QED) is 0.357. The summed E-state index contributed by atoms with van der Waals surface area (Å²) in [5, 5.41) is 45.5. The molecule has 2 aromatic carbocycles. The summed E-state index contributed by atoms with van der Waals surface area (Å²) in [7, 11) is 0. The minimum absolute atomic E-state index is 0.00786. The van der Waals surface area contributed by atoms with Gasteiger partial charge in [-0.05, 0) is 44.2 Å². The molecule has 0 saturated carbocycles. The van der Waals surface area contributed by atoms with Crippen molar-refractivity contribution in [3.05, 3.63) is 86.7 Å². The second-order valence-corrected chi connectivity index (χ2v) is 10.7. The van der Waals surface area contributed by atoms with Gasteiger partial charge in [-0.25, -0.2) is 0 Å². The summed E-state index contributed by atoms with van der Waals surface area (Å²) in [5.41, 5.74) is 0.118. The largest absolute Gasteiger partial charge is 0.508 e. The summed E-state index contributed by atoms with van der Waals surface area (Å²) in [6.45, 7) is 6.53. The van der Waals surface area contributed by atoms with Crippen LogP contribution in [0.5, 0.6) is 5.75 Å². The van der Waals surface area contributed by atoms with E-state index in [4.69, 9.17) is 0 Å². The lowest BCUT2D eigenvalue weighted by Gasteiger charge is -2.50. The standard InChI is InChI=1S/C31H30O7/c1-14-5-7-18(8-6-14)9-10-19-11-12-20-16(3)23-25(28(35)24(20)26(19)33)30(37)31(38)21(27(23)34)13-15(2)22(17(4)32)29(31)36/h5-12,16,21,23,27,33-34,37-38H,13H2,1-4H3/b10-9+. The number of allylic oxidation sites excluding steroid dienone is 1. The highest BCUT2D eigenvalue weighted by Gasteiger charge is 2.63. The van der Waals surface area contributed by atoms with Crippen LogP contribution in [-0.4, -0.2) is 49.5 Å². The molecule has 0 spiro atoms. The minimum Gasteiger partial charge on any atom is -0.508 e. The van der Waals surface area contributed by atoms with E-state index in [1.807, 2.05) is 31.2 Å². The molecule has 3 aliphatic rings. The Morgan fingerprint density at radius 2 is 1.68 bits per heavy atom. The van der Waals surface area contributed by atoms with Crippen molar-refractivity contribution in [3.8, 4) is 5.75 Å². The van der Waals surface area contributed by atoms with Crippen LogP contribution in [0.2, 0.25) is 0 Å². The van der Waals surface area contributed by atoms with Crippen molar-refractivity contribution in [3.63, 3.8) is 0 Å². The predicted octanol–water partition coefficient (Wildman–Crippen LogP) is 4.20. The normalized spacial score (nSPS) is 28.9. The molecule has 196 valence electrons. The number of Topliss-reactive ketones (excluding diaryl/α,β-unsaturated/α-hetero) is 3. The number of carbonyl (C=O) groups excluding carboxylic acids is 3. The monoisotopic (exact) mass is 514 g/mol. The van der Waals surface area contributed by atoms with E-state index in [1.54, 1.807) is 38.1 Å². The Morgan fingerprint density at radius 1 is 1.03 bits per heavy atom. The smallest absolute Gasteiger partial charge is 0.206 e. The number of aliphatic hydroxyl groups excluding tert-OH is 2. The first-order valence-corrected chi connectivity index (χ1v) is 12.6. The lowest BCUT2D eigenvalue weighted by molar-refractivity contribution is -0.153. The second kappa shape index (κ2) is 8.89. The molecule has 0 radical (unpaired) electrons. The lowest BCUT2D eigenvalue weighted by Crippen LogP contribution is -2.62. The summed E-state index contributed by atoms with van der Waals surface area (Å²) in [6, 6.07) is 11.2. The lowest BCUT2D eigenvalue weighted by atomic mass is 9.56. The highest BCUT2D eigenvalue weighted by molar-refractivity contribution is 6.25. The van der Waals surface area contributed by atoms with Gasteiger partial charge in [0, 0.05) is 23.0 Å². The Labute approximate surface area is 220 Å². The van der Waals surface area contributed by atoms with Gasteiger partial charge >= 0.3 is 0 Å². The maximum Gasteiger partial charge on any atom is 0.206 e. The Morgan fingerprint density at radius 3 is 2.32 bits per heavy atom. The first kappa shape index (κ1) is 25.8. The van der Waals surface area contributed by atoms with E-state index in [0.717, 1.165) is 11.1 Å². The van der Waals surface area contributed by atoms with Crippen LogP contribution in [0.3, 0.4) is 0 Å². The Kier molecular flexibility index (Phi) is 6.04. The maximum absolute atomic E-state index is 13.8. The minimum atomic E-state index is -2.61. The van der Waals surface area contributed by atoms with Crippen LogP contribution in [0.15, 0.2) is 58.9 Å². The zero-order valence-electron chi connectivity index (χ0n) is 21.6. The van der Waals surface area contributed by atoms with E-state index in [9.17, 15) is 34.8 Å². The number of aliphatic hydroxyl groups is 3. The molecule has 0 bridgehead atoms. The molecule has 0 fully saturated rings. The fourth-order valence-corrected chi connectivity index (χ4v) is 6.40. The molecule has 2 aromatic rings. The van der Waals surface area contributed by atoms with Gasteiger partial charge in [-0.2, -0.15) is 0 Å². The van der Waals surface area contributed by atoms with Crippen molar-refractivity contribution in [1.29, 1.82) is 0 Å². The molecule has 5 rings (SSSR count). The molecular formula is C31H30O7. The zero-order chi connectivity index (χ0) is 27.7. The molecule has 4 N–H and O–H groups in total. The molecule has 3 aliphatic carbocycles. The summed E-state index contributed by atoms with van der Waals surface area (Å²) >= 11 is 0. The second-order valence-electron chi connectivity index (χ2n) is 10.7. The number of rotatable bonds is 3. The zero-order valence-corrected chi connectivity index (χ0v) is 21.6. The number of phenolic OH excluding ortho intramolecular Hbond substituents is 1.